The van der Waals surface area contributed by atoms with Gasteiger partial charge in [-0.15, -0.1) is 11.8 Å². The highest BCUT2D eigenvalue weighted by molar-refractivity contribution is 7.98. The topological polar surface area (TPSA) is 52.0 Å². The Hall–Kier alpha value is -1.26. The number of pyridine rings is 1. The fourth-order valence-corrected chi connectivity index (χ4v) is 2.44. The van der Waals surface area contributed by atoms with E-state index in [-0.39, 0.29) is 0 Å². The second kappa shape index (κ2) is 5.18. The molecule has 2 rings (SSSR count). The molecule has 2 aromatic rings. The first-order chi connectivity index (χ1) is 7.81. The van der Waals surface area contributed by atoms with Gasteiger partial charge in [-0.25, -0.2) is 0 Å². The van der Waals surface area contributed by atoms with Gasteiger partial charge in [0.2, 0.25) is 0 Å². The van der Waals surface area contributed by atoms with E-state index < -0.39 is 0 Å². The van der Waals surface area contributed by atoms with Gasteiger partial charge in [0.25, 0.3) is 0 Å². The summed E-state index contributed by atoms with van der Waals surface area (Å²) in [5.41, 5.74) is 7.80. The Bertz CT molecular complexity index is 468. The van der Waals surface area contributed by atoms with Crippen molar-refractivity contribution in [2.24, 2.45) is 5.73 Å². The highest BCUT2D eigenvalue weighted by atomic mass is 32.2. The second-order valence-electron chi connectivity index (χ2n) is 3.44. The Morgan fingerprint density at radius 3 is 3.00 bits per heavy atom. The van der Waals surface area contributed by atoms with Crippen LogP contribution >= 0.6 is 11.8 Å². The molecule has 0 atom stereocenters. The molecule has 2 heterocycles. The smallest absolute Gasteiger partial charge is 0.114 e. The van der Waals surface area contributed by atoms with Gasteiger partial charge in [-0.1, -0.05) is 6.07 Å². The SMILES string of the molecule is Cc1occc1SCc1cccnc1CN. The van der Waals surface area contributed by atoms with E-state index in [9.17, 15) is 0 Å². The molecule has 2 aromatic heterocycles. The second-order valence-corrected chi connectivity index (χ2v) is 4.46. The lowest BCUT2D eigenvalue weighted by molar-refractivity contribution is 0.527. The fraction of sp³-hybridized carbons (Fsp3) is 0.250. The first-order valence-electron chi connectivity index (χ1n) is 5.11. The maximum absolute atomic E-state index is 5.64. The first-order valence-corrected chi connectivity index (χ1v) is 6.09. The summed E-state index contributed by atoms with van der Waals surface area (Å²) in [7, 11) is 0. The molecule has 3 nitrogen and oxygen atoms in total. The molecule has 84 valence electrons. The van der Waals surface area contributed by atoms with Gasteiger partial charge in [-0.3, -0.25) is 4.98 Å². The van der Waals surface area contributed by atoms with Crippen molar-refractivity contribution >= 4 is 11.8 Å². The van der Waals surface area contributed by atoms with Crippen LogP contribution in [0.1, 0.15) is 17.0 Å². The number of thioether (sulfide) groups is 1. The number of nitrogens with two attached hydrogens (primary N) is 1. The van der Waals surface area contributed by atoms with Crippen LogP contribution in [0.5, 0.6) is 0 Å². The predicted octanol–water partition coefficient (Wildman–Crippen LogP) is 2.73. The summed E-state index contributed by atoms with van der Waals surface area (Å²) >= 11 is 1.75. The molecular formula is C12H14N2OS. The molecule has 0 amide bonds. The van der Waals surface area contributed by atoms with E-state index in [1.54, 1.807) is 24.2 Å². The highest BCUT2D eigenvalue weighted by Gasteiger charge is 2.05. The lowest BCUT2D eigenvalue weighted by atomic mass is 10.2. The van der Waals surface area contributed by atoms with Gasteiger partial charge in [0, 0.05) is 23.4 Å². The van der Waals surface area contributed by atoms with Crippen LogP contribution in [-0.2, 0) is 12.3 Å². The van der Waals surface area contributed by atoms with Crippen molar-refractivity contribution in [3.8, 4) is 0 Å². The molecule has 0 radical (unpaired) electrons. The van der Waals surface area contributed by atoms with Gasteiger partial charge in [0.1, 0.15) is 5.76 Å². The van der Waals surface area contributed by atoms with Crippen molar-refractivity contribution in [1.82, 2.24) is 4.98 Å². The zero-order valence-corrected chi connectivity index (χ0v) is 9.96. The summed E-state index contributed by atoms with van der Waals surface area (Å²) in [6.07, 6.45) is 3.49. The van der Waals surface area contributed by atoms with E-state index in [0.29, 0.717) is 6.54 Å². The van der Waals surface area contributed by atoms with Crippen molar-refractivity contribution in [2.45, 2.75) is 24.1 Å². The van der Waals surface area contributed by atoms with Crippen LogP contribution in [0.2, 0.25) is 0 Å². The predicted molar refractivity (Wildman–Crippen MR) is 65.1 cm³/mol. The van der Waals surface area contributed by atoms with Gasteiger partial charge in [-0.05, 0) is 24.6 Å². The Morgan fingerprint density at radius 1 is 1.44 bits per heavy atom. The van der Waals surface area contributed by atoms with E-state index in [2.05, 4.69) is 11.1 Å². The van der Waals surface area contributed by atoms with Gasteiger partial charge in [0.05, 0.1) is 12.0 Å². The number of nitrogens with zero attached hydrogens (tertiary/aromatic N) is 1. The van der Waals surface area contributed by atoms with Crippen LogP contribution in [0.15, 0.2) is 40.0 Å². The summed E-state index contributed by atoms with van der Waals surface area (Å²) in [5, 5.41) is 0. The molecule has 0 aliphatic carbocycles. The minimum absolute atomic E-state index is 0.487. The van der Waals surface area contributed by atoms with E-state index in [0.717, 1.165) is 17.2 Å². The number of hydrogen-bond donors (Lipinski definition) is 1. The maximum Gasteiger partial charge on any atom is 0.114 e. The molecule has 0 aromatic carbocycles. The molecular weight excluding hydrogens is 220 g/mol. The number of furan rings is 1. The fourth-order valence-electron chi connectivity index (χ4n) is 1.47. The maximum atomic E-state index is 5.64. The summed E-state index contributed by atoms with van der Waals surface area (Å²) in [4.78, 5) is 5.43. The standard InChI is InChI=1S/C12H14N2OS/c1-9-12(4-6-15-9)16-8-10-3-2-5-14-11(10)7-13/h2-6H,7-8,13H2,1H3. The lowest BCUT2D eigenvalue weighted by Crippen LogP contribution is -2.03. The van der Waals surface area contributed by atoms with Crippen LogP contribution in [-0.4, -0.2) is 4.98 Å². The van der Waals surface area contributed by atoms with Crippen molar-refractivity contribution in [3.63, 3.8) is 0 Å². The molecule has 0 saturated carbocycles. The summed E-state index contributed by atoms with van der Waals surface area (Å²) < 4.78 is 5.25. The minimum Gasteiger partial charge on any atom is -0.468 e. The zero-order chi connectivity index (χ0) is 11.4. The van der Waals surface area contributed by atoms with E-state index in [1.807, 2.05) is 19.1 Å². The number of rotatable bonds is 4. The molecule has 0 aliphatic heterocycles. The minimum atomic E-state index is 0.487. The normalized spacial score (nSPS) is 10.6. The number of aromatic nitrogens is 1. The third-order valence-electron chi connectivity index (χ3n) is 2.37. The van der Waals surface area contributed by atoms with E-state index in [1.165, 1.54) is 10.5 Å². The monoisotopic (exact) mass is 234 g/mol. The quantitative estimate of drug-likeness (QED) is 0.826. The Balaban J connectivity index is 2.07. The summed E-state index contributed by atoms with van der Waals surface area (Å²) in [5.74, 6) is 1.84. The molecule has 0 fully saturated rings. The molecule has 16 heavy (non-hydrogen) atoms. The van der Waals surface area contributed by atoms with E-state index >= 15 is 0 Å². The largest absolute Gasteiger partial charge is 0.468 e. The molecule has 0 unspecified atom stereocenters. The Kier molecular flexibility index (Phi) is 3.64. The molecule has 0 aliphatic rings. The van der Waals surface area contributed by atoms with E-state index in [4.69, 9.17) is 10.2 Å². The Labute approximate surface area is 99.1 Å². The van der Waals surface area contributed by atoms with Crippen LogP contribution in [0.3, 0.4) is 0 Å². The van der Waals surface area contributed by atoms with Gasteiger partial charge in [0.15, 0.2) is 0 Å². The third-order valence-corrected chi connectivity index (χ3v) is 3.56. The summed E-state index contributed by atoms with van der Waals surface area (Å²) in [6, 6.07) is 5.99. The van der Waals surface area contributed by atoms with Gasteiger partial charge < -0.3 is 10.2 Å². The average molecular weight is 234 g/mol. The van der Waals surface area contributed by atoms with Crippen molar-refractivity contribution in [3.05, 3.63) is 47.7 Å². The number of aryl methyl sites for hydroxylation is 1. The van der Waals surface area contributed by atoms with Crippen molar-refractivity contribution in [1.29, 1.82) is 0 Å². The zero-order valence-electron chi connectivity index (χ0n) is 9.14. The molecule has 2 N–H and O–H groups in total. The summed E-state index contributed by atoms with van der Waals surface area (Å²) in [6.45, 7) is 2.45. The van der Waals surface area contributed by atoms with Gasteiger partial charge >= 0.3 is 0 Å². The Morgan fingerprint density at radius 2 is 2.31 bits per heavy atom. The van der Waals surface area contributed by atoms with Crippen LogP contribution in [0, 0.1) is 6.92 Å². The first kappa shape index (κ1) is 11.2. The molecule has 0 spiro atoms. The van der Waals surface area contributed by atoms with Crippen LogP contribution < -0.4 is 5.73 Å². The highest BCUT2D eigenvalue weighted by Crippen LogP contribution is 2.27. The molecule has 0 bridgehead atoms. The van der Waals surface area contributed by atoms with Crippen LogP contribution in [0.4, 0.5) is 0 Å². The van der Waals surface area contributed by atoms with Crippen molar-refractivity contribution in [2.75, 3.05) is 0 Å². The number of hydrogen-bond acceptors (Lipinski definition) is 4. The third kappa shape index (κ3) is 2.46. The average Bonchev–Trinajstić information content (AvgIpc) is 2.72. The van der Waals surface area contributed by atoms with Gasteiger partial charge in [-0.2, -0.15) is 0 Å². The lowest BCUT2D eigenvalue weighted by Gasteiger charge is -2.05. The molecule has 0 saturated heterocycles. The molecule has 4 heteroatoms. The van der Waals surface area contributed by atoms with Crippen LogP contribution in [0.25, 0.3) is 0 Å². The van der Waals surface area contributed by atoms with Crippen molar-refractivity contribution < 1.29 is 4.42 Å².